The van der Waals surface area contributed by atoms with Gasteiger partial charge >= 0.3 is 0 Å². The van der Waals surface area contributed by atoms with E-state index in [1.54, 1.807) is 6.92 Å². The normalized spacial score (nSPS) is 12.4. The molecule has 1 aliphatic rings. The lowest BCUT2D eigenvalue weighted by atomic mass is 10.1. The molecule has 0 aliphatic heterocycles. The van der Waals surface area contributed by atoms with Gasteiger partial charge < -0.3 is 4.98 Å². The second-order valence-corrected chi connectivity index (χ2v) is 3.56. The second-order valence-electron chi connectivity index (χ2n) is 3.56. The van der Waals surface area contributed by atoms with Crippen molar-refractivity contribution in [2.24, 2.45) is 0 Å². The molecule has 1 heterocycles. The molecule has 2 heteroatoms. The minimum atomic E-state index is 0.202. The highest BCUT2D eigenvalue weighted by atomic mass is 16.1. The number of ketones is 1. The molecule has 1 N–H and O–H groups in total. The fourth-order valence-electron chi connectivity index (χ4n) is 1.69. The Morgan fingerprint density at radius 1 is 1.31 bits per heavy atom. The molecule has 1 aromatic heterocycles. The summed E-state index contributed by atoms with van der Waals surface area (Å²) < 4.78 is 0. The first kappa shape index (κ1) is 12.5. The molecule has 0 saturated heterocycles. The fourth-order valence-corrected chi connectivity index (χ4v) is 1.69. The van der Waals surface area contributed by atoms with Gasteiger partial charge in [0.15, 0.2) is 0 Å². The minimum Gasteiger partial charge on any atom is -0.361 e. The molecule has 1 aliphatic carbocycles. The second kappa shape index (κ2) is 6.11. The molecular weight excluding hydrogens is 198 g/mol. The average molecular weight is 217 g/mol. The van der Waals surface area contributed by atoms with Crippen LogP contribution in [-0.2, 0) is 11.2 Å². The zero-order valence-corrected chi connectivity index (χ0v) is 10.2. The van der Waals surface area contributed by atoms with E-state index in [0.29, 0.717) is 6.42 Å². The Balaban J connectivity index is 0.000000606. The molecule has 0 atom stereocenters. The van der Waals surface area contributed by atoms with E-state index in [4.69, 9.17) is 0 Å². The van der Waals surface area contributed by atoms with Crippen molar-refractivity contribution in [3.05, 3.63) is 35.2 Å². The maximum absolute atomic E-state index is 11.0. The molecule has 16 heavy (non-hydrogen) atoms. The summed E-state index contributed by atoms with van der Waals surface area (Å²) in [6, 6.07) is 0. The first-order valence-corrected chi connectivity index (χ1v) is 5.80. The molecule has 2 nitrogen and oxygen atoms in total. The van der Waals surface area contributed by atoms with Crippen molar-refractivity contribution in [2.75, 3.05) is 0 Å². The van der Waals surface area contributed by atoms with Crippen LogP contribution in [0.3, 0.4) is 0 Å². The van der Waals surface area contributed by atoms with E-state index in [0.717, 1.165) is 23.2 Å². The third-order valence-electron chi connectivity index (χ3n) is 2.32. The van der Waals surface area contributed by atoms with E-state index in [-0.39, 0.29) is 5.78 Å². The summed E-state index contributed by atoms with van der Waals surface area (Å²) in [4.78, 5) is 14.2. The summed E-state index contributed by atoms with van der Waals surface area (Å²) >= 11 is 0. The van der Waals surface area contributed by atoms with Gasteiger partial charge in [0.05, 0.1) is 0 Å². The summed E-state index contributed by atoms with van der Waals surface area (Å²) in [5, 5.41) is 0. The topological polar surface area (TPSA) is 32.9 Å². The Hall–Kier alpha value is -1.57. The number of hydrogen-bond donors (Lipinski definition) is 1. The SMILES string of the molecule is CC.CC(=O)Cc1c[nH]c2c1C=CCC=C2. The number of nitrogens with one attached hydrogen (secondary N) is 1. The third kappa shape index (κ3) is 2.96. The van der Waals surface area contributed by atoms with E-state index in [9.17, 15) is 4.79 Å². The van der Waals surface area contributed by atoms with Crippen molar-refractivity contribution >= 4 is 17.9 Å². The monoisotopic (exact) mass is 217 g/mol. The Morgan fingerprint density at radius 3 is 2.69 bits per heavy atom. The van der Waals surface area contributed by atoms with E-state index in [2.05, 4.69) is 29.3 Å². The Bertz CT molecular complexity index is 410. The van der Waals surface area contributed by atoms with Crippen LogP contribution in [-0.4, -0.2) is 10.8 Å². The van der Waals surface area contributed by atoms with Gasteiger partial charge in [-0.2, -0.15) is 0 Å². The van der Waals surface area contributed by atoms with Gasteiger partial charge in [0.2, 0.25) is 0 Å². The van der Waals surface area contributed by atoms with Crippen LogP contribution in [0.1, 0.15) is 44.0 Å². The summed E-state index contributed by atoms with van der Waals surface area (Å²) in [6.45, 7) is 5.62. The molecule has 0 bridgehead atoms. The van der Waals surface area contributed by atoms with Crippen LogP contribution < -0.4 is 0 Å². The lowest BCUT2D eigenvalue weighted by Crippen LogP contribution is -1.96. The molecule has 0 spiro atoms. The molecule has 0 amide bonds. The number of aromatic amines is 1. The molecule has 0 saturated carbocycles. The van der Waals surface area contributed by atoms with Crippen molar-refractivity contribution < 1.29 is 4.79 Å². The number of allylic oxidation sites excluding steroid dienone is 2. The standard InChI is InChI=1S/C12H13NO.C2H6/c1-9(14)7-10-8-13-12-6-4-2-3-5-11(10)12;1-2/h3-6,8,13H,2,7H2,1H3;1-2H3. The van der Waals surface area contributed by atoms with Crippen LogP contribution in [0.4, 0.5) is 0 Å². The number of carbonyl (C=O) groups excluding carboxylic acids is 1. The number of carbonyl (C=O) groups is 1. The highest BCUT2D eigenvalue weighted by molar-refractivity contribution is 5.81. The van der Waals surface area contributed by atoms with Crippen LogP contribution in [0, 0.1) is 0 Å². The summed E-state index contributed by atoms with van der Waals surface area (Å²) in [7, 11) is 0. The molecule has 0 fully saturated rings. The number of fused-ring (bicyclic) bond motifs is 1. The number of rotatable bonds is 2. The molecule has 2 rings (SSSR count). The molecule has 86 valence electrons. The van der Waals surface area contributed by atoms with Crippen molar-refractivity contribution in [3.63, 3.8) is 0 Å². The molecule has 1 aromatic rings. The Labute approximate surface area is 97.1 Å². The summed E-state index contributed by atoms with van der Waals surface area (Å²) in [6.07, 6.45) is 11.8. The number of Topliss-reactive ketones (excluding diaryl/α,β-unsaturated/α-hetero) is 1. The van der Waals surface area contributed by atoms with Crippen molar-refractivity contribution in [2.45, 2.75) is 33.6 Å². The van der Waals surface area contributed by atoms with Gasteiger partial charge in [-0.25, -0.2) is 0 Å². The van der Waals surface area contributed by atoms with E-state index in [1.807, 2.05) is 20.0 Å². The maximum Gasteiger partial charge on any atom is 0.134 e. The van der Waals surface area contributed by atoms with Crippen LogP contribution in [0.25, 0.3) is 12.2 Å². The smallest absolute Gasteiger partial charge is 0.134 e. The van der Waals surface area contributed by atoms with Gasteiger partial charge in [-0.05, 0) is 25.0 Å². The predicted molar refractivity (Wildman–Crippen MR) is 69.2 cm³/mol. The largest absolute Gasteiger partial charge is 0.361 e. The lowest BCUT2D eigenvalue weighted by Gasteiger charge is -1.96. The van der Waals surface area contributed by atoms with Crippen LogP contribution in [0.2, 0.25) is 0 Å². The van der Waals surface area contributed by atoms with E-state index < -0.39 is 0 Å². The van der Waals surface area contributed by atoms with Crippen molar-refractivity contribution in [1.82, 2.24) is 4.98 Å². The van der Waals surface area contributed by atoms with Crippen molar-refractivity contribution in [1.29, 1.82) is 0 Å². The first-order chi connectivity index (χ1) is 7.77. The predicted octanol–water partition coefficient (Wildman–Crippen LogP) is 3.60. The molecular formula is C14H19NO. The zero-order valence-electron chi connectivity index (χ0n) is 10.2. The minimum absolute atomic E-state index is 0.202. The molecule has 0 radical (unpaired) electrons. The lowest BCUT2D eigenvalue weighted by molar-refractivity contribution is -0.116. The summed E-state index contributed by atoms with van der Waals surface area (Å²) in [5.41, 5.74) is 3.36. The van der Waals surface area contributed by atoms with E-state index in [1.165, 1.54) is 0 Å². The van der Waals surface area contributed by atoms with Gasteiger partial charge in [0.25, 0.3) is 0 Å². The first-order valence-electron chi connectivity index (χ1n) is 5.80. The maximum atomic E-state index is 11.0. The number of H-pyrrole nitrogens is 1. The van der Waals surface area contributed by atoms with Gasteiger partial charge in [0, 0.05) is 23.9 Å². The van der Waals surface area contributed by atoms with Gasteiger partial charge in [-0.3, -0.25) is 4.79 Å². The highest BCUT2D eigenvalue weighted by Gasteiger charge is 2.09. The quantitative estimate of drug-likeness (QED) is 0.806. The number of aromatic nitrogens is 1. The fraction of sp³-hybridized carbons (Fsp3) is 0.357. The van der Waals surface area contributed by atoms with Gasteiger partial charge in [0.1, 0.15) is 5.78 Å². The van der Waals surface area contributed by atoms with E-state index >= 15 is 0 Å². The van der Waals surface area contributed by atoms with Crippen molar-refractivity contribution in [3.8, 4) is 0 Å². The van der Waals surface area contributed by atoms with Gasteiger partial charge in [-0.1, -0.05) is 32.1 Å². The number of hydrogen-bond acceptors (Lipinski definition) is 1. The molecule has 0 aromatic carbocycles. The Kier molecular flexibility index (Phi) is 4.77. The van der Waals surface area contributed by atoms with Crippen LogP contribution in [0.15, 0.2) is 18.3 Å². The zero-order chi connectivity index (χ0) is 12.0. The van der Waals surface area contributed by atoms with Crippen LogP contribution in [0.5, 0.6) is 0 Å². The average Bonchev–Trinajstić information content (AvgIpc) is 2.53. The molecule has 0 unspecified atom stereocenters. The van der Waals surface area contributed by atoms with Crippen LogP contribution >= 0.6 is 0 Å². The summed E-state index contributed by atoms with van der Waals surface area (Å²) in [5.74, 6) is 0.202. The highest BCUT2D eigenvalue weighted by Crippen LogP contribution is 2.21. The van der Waals surface area contributed by atoms with Gasteiger partial charge in [-0.15, -0.1) is 0 Å². The third-order valence-corrected chi connectivity index (χ3v) is 2.32. The Morgan fingerprint density at radius 2 is 2.00 bits per heavy atom.